The Kier molecular flexibility index (Phi) is 14.2. The lowest BCUT2D eigenvalue weighted by atomic mass is 9.81. The maximum atomic E-state index is 14.2. The summed E-state index contributed by atoms with van der Waals surface area (Å²) in [6.07, 6.45) is 4.30. The fraction of sp³-hybridized carbons (Fsp3) is 0.450. The van der Waals surface area contributed by atoms with Gasteiger partial charge in [0.15, 0.2) is 0 Å². The molecule has 3 heterocycles. The molecule has 5 N–H and O–H groups in total. The van der Waals surface area contributed by atoms with Crippen molar-refractivity contribution in [3.63, 3.8) is 0 Å². The minimum absolute atomic E-state index is 0.209. The molecular weight excluding hydrogens is 717 g/mol. The largest absolute Gasteiger partial charge is 0.483 e. The summed E-state index contributed by atoms with van der Waals surface area (Å²) < 4.78 is 5.37. The van der Waals surface area contributed by atoms with Crippen molar-refractivity contribution >= 4 is 35.9 Å². The molecule has 1 saturated heterocycles. The molecule has 3 amide bonds. The number of tetrazole rings is 1. The number of rotatable bonds is 10. The lowest BCUT2D eigenvalue weighted by Gasteiger charge is -2.33. The topological polar surface area (TPSA) is 213 Å². The monoisotopic (exact) mass is 768 g/mol. The minimum atomic E-state index is -0.958. The van der Waals surface area contributed by atoms with E-state index in [0.29, 0.717) is 36.5 Å². The van der Waals surface area contributed by atoms with Gasteiger partial charge in [-0.25, -0.2) is 14.7 Å². The summed E-state index contributed by atoms with van der Waals surface area (Å²) in [5.41, 5.74) is 10.2. The summed E-state index contributed by atoms with van der Waals surface area (Å²) in [5, 5.41) is 23.9. The number of hydrogen-bond donors (Lipinski definition) is 4. The highest BCUT2D eigenvalue weighted by molar-refractivity contribution is 6.17. The SMILES string of the molecule is CN1CCN(c2cc(-c3ccc(C[C@H](N)C(=O)N(C(=O)C4CCC(CNC(=O)OC(C)(C)C)CC4)c4ccc(-c5nn[nH]n5)cc4)cc3)ccn2)CC1.O=CO. The summed E-state index contributed by atoms with van der Waals surface area (Å²) in [6, 6.07) is 18.1. The number of likely N-dealkylation sites (N-methyl/N-ethyl adjacent to an activating group) is 1. The number of benzene rings is 2. The van der Waals surface area contributed by atoms with Crippen molar-refractivity contribution < 1.29 is 29.0 Å². The Hall–Kier alpha value is -5.74. The number of piperazine rings is 1. The predicted molar refractivity (Wildman–Crippen MR) is 212 cm³/mol. The number of nitrogens with one attached hydrogen (secondary N) is 2. The third kappa shape index (κ3) is 11.4. The van der Waals surface area contributed by atoms with Crippen molar-refractivity contribution in [3.05, 3.63) is 72.4 Å². The Morgan fingerprint density at radius 3 is 2.23 bits per heavy atom. The number of amides is 3. The molecule has 2 aliphatic rings. The van der Waals surface area contributed by atoms with Crippen molar-refractivity contribution in [1.29, 1.82) is 0 Å². The van der Waals surface area contributed by atoms with Gasteiger partial charge in [-0.05, 0) is 124 Å². The highest BCUT2D eigenvalue weighted by Crippen LogP contribution is 2.32. The molecule has 16 nitrogen and oxygen atoms in total. The number of alkyl carbamates (subject to hydrolysis) is 1. The van der Waals surface area contributed by atoms with Gasteiger partial charge in [0.05, 0.1) is 11.7 Å². The number of aromatic nitrogens is 5. The summed E-state index contributed by atoms with van der Waals surface area (Å²) in [6.45, 7) is 9.58. The molecule has 1 aliphatic heterocycles. The third-order valence-corrected chi connectivity index (χ3v) is 9.93. The third-order valence-electron chi connectivity index (χ3n) is 9.93. The van der Waals surface area contributed by atoms with Gasteiger partial charge in [0.25, 0.3) is 12.4 Å². The van der Waals surface area contributed by atoms with Crippen LogP contribution in [-0.4, -0.2) is 111 Å². The van der Waals surface area contributed by atoms with E-state index in [2.05, 4.69) is 53.8 Å². The number of carbonyl (C=O) groups is 4. The van der Waals surface area contributed by atoms with Gasteiger partial charge in [-0.3, -0.25) is 14.4 Å². The first-order chi connectivity index (χ1) is 26.8. The summed E-state index contributed by atoms with van der Waals surface area (Å²) in [4.78, 5) is 59.4. The van der Waals surface area contributed by atoms with Gasteiger partial charge in [-0.2, -0.15) is 5.21 Å². The Morgan fingerprint density at radius 2 is 1.62 bits per heavy atom. The minimum Gasteiger partial charge on any atom is -0.483 e. The Morgan fingerprint density at radius 1 is 0.982 bits per heavy atom. The Bertz CT molecular complexity index is 1880. The zero-order valence-corrected chi connectivity index (χ0v) is 32.4. The van der Waals surface area contributed by atoms with E-state index in [-0.39, 0.29) is 30.6 Å². The van der Waals surface area contributed by atoms with Crippen LogP contribution in [0.2, 0.25) is 0 Å². The fourth-order valence-corrected chi connectivity index (χ4v) is 6.89. The number of pyridine rings is 1. The molecule has 2 aromatic carbocycles. The first kappa shape index (κ1) is 41.4. The molecule has 56 heavy (non-hydrogen) atoms. The quantitative estimate of drug-likeness (QED) is 0.167. The van der Waals surface area contributed by atoms with Crippen LogP contribution in [0.1, 0.15) is 52.0 Å². The van der Waals surface area contributed by atoms with E-state index in [1.54, 1.807) is 24.3 Å². The molecule has 1 aliphatic carbocycles. The van der Waals surface area contributed by atoms with Crippen LogP contribution >= 0.6 is 0 Å². The van der Waals surface area contributed by atoms with Crippen molar-refractivity contribution in [1.82, 2.24) is 35.8 Å². The molecule has 0 bridgehead atoms. The molecule has 0 unspecified atom stereocenters. The molecule has 1 saturated carbocycles. The van der Waals surface area contributed by atoms with Crippen LogP contribution in [0.25, 0.3) is 22.5 Å². The first-order valence-electron chi connectivity index (χ1n) is 18.9. The summed E-state index contributed by atoms with van der Waals surface area (Å²) in [7, 11) is 2.14. The van der Waals surface area contributed by atoms with Crippen molar-refractivity contribution in [2.75, 3.05) is 49.6 Å². The lowest BCUT2D eigenvalue weighted by Crippen LogP contribution is -2.50. The van der Waals surface area contributed by atoms with E-state index in [1.165, 1.54) is 4.90 Å². The van der Waals surface area contributed by atoms with Gasteiger partial charge in [-0.15, -0.1) is 10.2 Å². The maximum Gasteiger partial charge on any atom is 0.407 e. The van der Waals surface area contributed by atoms with Crippen LogP contribution in [0, 0.1) is 11.8 Å². The van der Waals surface area contributed by atoms with Gasteiger partial charge in [0, 0.05) is 50.4 Å². The molecule has 6 rings (SSSR count). The van der Waals surface area contributed by atoms with Gasteiger partial charge in [0.1, 0.15) is 11.4 Å². The highest BCUT2D eigenvalue weighted by atomic mass is 16.6. The zero-order valence-electron chi connectivity index (χ0n) is 32.4. The second kappa shape index (κ2) is 19.2. The van der Waals surface area contributed by atoms with E-state index in [9.17, 15) is 14.4 Å². The smallest absolute Gasteiger partial charge is 0.407 e. The molecule has 4 aromatic rings. The number of anilines is 2. The van der Waals surface area contributed by atoms with Gasteiger partial charge < -0.3 is 30.7 Å². The molecule has 298 valence electrons. The van der Waals surface area contributed by atoms with Crippen LogP contribution in [0.4, 0.5) is 16.3 Å². The average molecular weight is 769 g/mol. The Labute approximate surface area is 326 Å². The predicted octanol–water partition coefficient (Wildman–Crippen LogP) is 4.14. The molecule has 16 heteroatoms. The number of aromatic amines is 1. The zero-order chi connectivity index (χ0) is 40.2. The number of nitrogens with two attached hydrogens (primary N) is 1. The number of hydrogen-bond acceptors (Lipinski definition) is 12. The Balaban J connectivity index is 0.00000194. The number of H-pyrrole nitrogens is 1. The second-order valence-corrected chi connectivity index (χ2v) is 15.2. The van der Waals surface area contributed by atoms with Crippen LogP contribution < -0.4 is 20.9 Å². The number of nitrogens with zero attached hydrogens (tertiary/aromatic N) is 7. The molecule has 0 radical (unpaired) electrons. The average Bonchev–Trinajstić information content (AvgIpc) is 3.73. The normalized spacial score (nSPS) is 17.8. The van der Waals surface area contributed by atoms with Crippen molar-refractivity contribution in [2.24, 2.45) is 17.6 Å². The van der Waals surface area contributed by atoms with Gasteiger partial charge in [-0.1, -0.05) is 24.3 Å². The highest BCUT2D eigenvalue weighted by Gasteiger charge is 2.35. The van der Waals surface area contributed by atoms with Crippen LogP contribution in [-0.2, 0) is 25.5 Å². The molecule has 1 atom stereocenters. The number of ether oxygens (including phenoxy) is 1. The standard InChI is InChI=1S/C39H50N10O4.CH2O2/c1-39(2,3)53-38(52)42-25-27-7-11-30(12-8-27)36(50)49(32-15-13-29(14-16-32)35-43-45-46-44-35)37(51)33(40)23-26-5-9-28(10-6-26)31-17-18-41-34(24-31)48-21-19-47(4)20-22-48;2-1-3/h5-6,9-10,13-18,24,27,30,33H,7-8,11-12,19-23,25,40H2,1-4H3,(H,42,52)(H,43,44,45,46);1H,(H,2,3)/t27?,30?,33-;/m0./s1. The van der Waals surface area contributed by atoms with E-state index in [1.807, 2.05) is 57.3 Å². The van der Waals surface area contributed by atoms with Crippen LogP contribution in [0.5, 0.6) is 0 Å². The molecular formula is C40H52N10O6. The number of carbonyl (C=O) groups excluding carboxylic acids is 3. The number of imide groups is 1. The summed E-state index contributed by atoms with van der Waals surface area (Å²) in [5.74, 6) is 0.471. The fourth-order valence-electron chi connectivity index (χ4n) is 6.89. The first-order valence-corrected chi connectivity index (χ1v) is 18.9. The van der Waals surface area contributed by atoms with E-state index < -0.39 is 23.6 Å². The van der Waals surface area contributed by atoms with Crippen LogP contribution in [0.3, 0.4) is 0 Å². The van der Waals surface area contributed by atoms with E-state index >= 15 is 0 Å². The second-order valence-electron chi connectivity index (χ2n) is 15.2. The van der Waals surface area contributed by atoms with Gasteiger partial charge in [0.2, 0.25) is 11.7 Å². The number of carboxylic acid groups (broad SMARTS) is 1. The van der Waals surface area contributed by atoms with E-state index in [0.717, 1.165) is 61.5 Å². The van der Waals surface area contributed by atoms with Crippen molar-refractivity contribution in [3.8, 4) is 22.5 Å². The van der Waals surface area contributed by atoms with E-state index in [4.69, 9.17) is 20.4 Å². The summed E-state index contributed by atoms with van der Waals surface area (Å²) >= 11 is 0. The molecule has 2 fully saturated rings. The molecule has 0 spiro atoms. The van der Waals surface area contributed by atoms with Crippen molar-refractivity contribution in [2.45, 2.75) is 64.5 Å². The molecule has 2 aromatic heterocycles. The van der Waals surface area contributed by atoms with Crippen LogP contribution in [0.15, 0.2) is 66.9 Å². The maximum absolute atomic E-state index is 14.2. The van der Waals surface area contributed by atoms with Gasteiger partial charge >= 0.3 is 6.09 Å². The lowest BCUT2D eigenvalue weighted by molar-refractivity contribution is -0.130.